The van der Waals surface area contributed by atoms with Crippen LogP contribution in [-0.2, 0) is 17.6 Å². The highest BCUT2D eigenvalue weighted by atomic mass is 32.1. The van der Waals surface area contributed by atoms with E-state index in [1.54, 1.807) is 0 Å². The van der Waals surface area contributed by atoms with E-state index in [1.807, 2.05) is 6.07 Å². The Bertz CT molecular complexity index is 687. The molecule has 2 atom stereocenters. The first-order valence-electron chi connectivity index (χ1n) is 8.70. The van der Waals surface area contributed by atoms with E-state index in [-0.39, 0.29) is 17.7 Å². The molecule has 7 nitrogen and oxygen atoms in total. The average molecular weight is 364 g/mol. The van der Waals surface area contributed by atoms with Gasteiger partial charge in [-0.2, -0.15) is 0 Å². The summed E-state index contributed by atoms with van der Waals surface area (Å²) in [6, 6.07) is 1.42. The number of hydrogen-bond acceptors (Lipinski definition) is 4. The zero-order chi connectivity index (χ0) is 18.0. The fourth-order valence-corrected chi connectivity index (χ4v) is 4.59. The van der Waals surface area contributed by atoms with Gasteiger partial charge in [-0.25, -0.2) is 4.79 Å². The molecule has 1 aliphatic heterocycles. The lowest BCUT2D eigenvalue weighted by Crippen LogP contribution is -2.50. The Hall–Kier alpha value is -2.09. The fourth-order valence-electron chi connectivity index (χ4n) is 3.49. The second kappa shape index (κ2) is 7.43. The van der Waals surface area contributed by atoms with Crippen molar-refractivity contribution >= 4 is 29.2 Å². The molecule has 25 heavy (non-hydrogen) atoms. The molecule has 8 heteroatoms. The van der Waals surface area contributed by atoms with Crippen LogP contribution in [0.2, 0.25) is 0 Å². The smallest absolute Gasteiger partial charge is 0.314 e. The molecule has 4 amide bonds. The maximum atomic E-state index is 12.3. The maximum absolute atomic E-state index is 12.3. The summed E-state index contributed by atoms with van der Waals surface area (Å²) in [5, 5.41) is 0. The Morgan fingerprint density at radius 2 is 2.08 bits per heavy atom. The normalized spacial score (nSPS) is 22.8. The number of likely N-dealkylation sites (tertiary alicyclic amines) is 1. The largest absolute Gasteiger partial charge is 0.351 e. The minimum absolute atomic E-state index is 0.283. The predicted octanol–water partition coefficient (Wildman–Crippen LogP) is 1.42. The van der Waals surface area contributed by atoms with E-state index < -0.39 is 6.03 Å². The maximum Gasteiger partial charge on any atom is 0.314 e. The molecule has 0 spiro atoms. The summed E-state index contributed by atoms with van der Waals surface area (Å²) in [6.45, 7) is 3.09. The van der Waals surface area contributed by atoms with Crippen molar-refractivity contribution < 1.29 is 14.4 Å². The van der Waals surface area contributed by atoms with Crippen LogP contribution in [0, 0.1) is 11.8 Å². The molecule has 0 unspecified atom stereocenters. The van der Waals surface area contributed by atoms with E-state index in [4.69, 9.17) is 5.73 Å². The number of rotatable bonds is 2. The number of hydrazine groups is 1. The van der Waals surface area contributed by atoms with Crippen LogP contribution < -0.4 is 16.6 Å². The van der Waals surface area contributed by atoms with E-state index >= 15 is 0 Å². The molecule has 0 bridgehead atoms. The molecule has 1 saturated heterocycles. The number of nitrogens with zero attached hydrogens (tertiary/aromatic N) is 1. The van der Waals surface area contributed by atoms with Gasteiger partial charge in [0.1, 0.15) is 0 Å². The Labute approximate surface area is 150 Å². The van der Waals surface area contributed by atoms with Crippen molar-refractivity contribution in [3.05, 3.63) is 21.4 Å². The van der Waals surface area contributed by atoms with E-state index in [9.17, 15) is 14.4 Å². The van der Waals surface area contributed by atoms with Crippen LogP contribution in [0.25, 0.3) is 0 Å². The van der Waals surface area contributed by atoms with Crippen molar-refractivity contribution in [1.82, 2.24) is 15.8 Å². The SMILES string of the molecule is C[C@H]1CCc2sc(C(=O)NNC(=O)[C@H]3CCCN(C(N)=O)C3)cc2C1. The number of nitrogens with two attached hydrogens (primary N) is 1. The van der Waals surface area contributed by atoms with Gasteiger partial charge in [0.25, 0.3) is 5.91 Å². The number of amides is 4. The summed E-state index contributed by atoms with van der Waals surface area (Å²) in [5.74, 6) is -0.270. The first-order valence-corrected chi connectivity index (χ1v) is 9.52. The van der Waals surface area contributed by atoms with Crippen LogP contribution in [0.15, 0.2) is 6.07 Å². The lowest BCUT2D eigenvalue weighted by molar-refractivity contribution is -0.127. The number of carbonyl (C=O) groups excluding carboxylic acids is 3. The van der Waals surface area contributed by atoms with Crippen molar-refractivity contribution in [3.8, 4) is 0 Å². The number of hydrogen-bond donors (Lipinski definition) is 3. The number of piperidine rings is 1. The van der Waals surface area contributed by atoms with E-state index in [0.29, 0.717) is 30.3 Å². The molecule has 4 N–H and O–H groups in total. The van der Waals surface area contributed by atoms with Gasteiger partial charge >= 0.3 is 6.03 Å². The summed E-state index contributed by atoms with van der Waals surface area (Å²) in [5.41, 5.74) is 11.5. The third-order valence-corrected chi connectivity index (χ3v) is 6.19. The third-order valence-electron chi connectivity index (χ3n) is 4.96. The average Bonchev–Trinajstić information content (AvgIpc) is 3.02. The standard InChI is InChI=1S/C17H24N4O3S/c1-10-4-5-13-12(7-10)8-14(25-13)16(23)20-19-15(22)11-3-2-6-21(9-11)17(18)24/h8,10-11H,2-7,9H2,1H3,(H2,18,24)(H,19,22)(H,20,23)/t10-,11-/m0/s1. The third kappa shape index (κ3) is 4.12. The van der Waals surface area contributed by atoms with Gasteiger partial charge in [0.05, 0.1) is 10.8 Å². The van der Waals surface area contributed by atoms with Gasteiger partial charge in [-0.3, -0.25) is 20.4 Å². The van der Waals surface area contributed by atoms with E-state index in [2.05, 4.69) is 17.8 Å². The van der Waals surface area contributed by atoms with E-state index in [0.717, 1.165) is 25.7 Å². The summed E-state index contributed by atoms with van der Waals surface area (Å²) in [4.78, 5) is 39.1. The minimum atomic E-state index is -0.514. The number of urea groups is 1. The fraction of sp³-hybridized carbons (Fsp3) is 0.588. The highest BCUT2D eigenvalue weighted by molar-refractivity contribution is 7.14. The number of primary amides is 1. The van der Waals surface area contributed by atoms with Crippen molar-refractivity contribution in [2.75, 3.05) is 13.1 Å². The van der Waals surface area contributed by atoms with Crippen LogP contribution in [0.3, 0.4) is 0 Å². The molecule has 1 aliphatic carbocycles. The van der Waals surface area contributed by atoms with Gasteiger partial charge in [-0.05, 0) is 49.7 Å². The van der Waals surface area contributed by atoms with Gasteiger partial charge < -0.3 is 10.6 Å². The molecule has 136 valence electrons. The zero-order valence-electron chi connectivity index (χ0n) is 14.3. The van der Waals surface area contributed by atoms with Crippen molar-refractivity contribution in [2.45, 2.75) is 39.0 Å². The van der Waals surface area contributed by atoms with Gasteiger partial charge in [-0.1, -0.05) is 6.92 Å². The van der Waals surface area contributed by atoms with Crippen LogP contribution >= 0.6 is 11.3 Å². The number of fused-ring (bicyclic) bond motifs is 1. The summed E-state index contributed by atoms with van der Waals surface area (Å²) in [7, 11) is 0. The summed E-state index contributed by atoms with van der Waals surface area (Å²) < 4.78 is 0. The Kier molecular flexibility index (Phi) is 5.27. The van der Waals surface area contributed by atoms with E-state index in [1.165, 1.54) is 26.7 Å². The first-order chi connectivity index (χ1) is 11.9. The second-order valence-corrected chi connectivity index (χ2v) is 8.11. The Morgan fingerprint density at radius 3 is 2.84 bits per heavy atom. The molecule has 2 aliphatic rings. The molecule has 1 aromatic heterocycles. The van der Waals surface area contributed by atoms with Gasteiger partial charge in [0.15, 0.2) is 0 Å². The van der Waals surface area contributed by atoms with Crippen molar-refractivity contribution in [2.24, 2.45) is 17.6 Å². The van der Waals surface area contributed by atoms with Crippen molar-refractivity contribution in [3.63, 3.8) is 0 Å². The van der Waals surface area contributed by atoms with Gasteiger partial charge in [0, 0.05) is 18.0 Å². The lowest BCUT2D eigenvalue weighted by atomic mass is 9.90. The van der Waals surface area contributed by atoms with Crippen LogP contribution in [0.4, 0.5) is 4.79 Å². The number of thiophene rings is 1. The number of carbonyl (C=O) groups is 3. The van der Waals surface area contributed by atoms with Crippen LogP contribution in [0.1, 0.15) is 46.3 Å². The predicted molar refractivity (Wildman–Crippen MR) is 95.0 cm³/mol. The molecule has 0 radical (unpaired) electrons. The zero-order valence-corrected chi connectivity index (χ0v) is 15.2. The van der Waals surface area contributed by atoms with Crippen molar-refractivity contribution in [1.29, 1.82) is 0 Å². The molecule has 1 fully saturated rings. The second-order valence-electron chi connectivity index (χ2n) is 6.97. The topological polar surface area (TPSA) is 105 Å². The summed E-state index contributed by atoms with van der Waals surface area (Å²) in [6.07, 6.45) is 4.59. The monoisotopic (exact) mass is 364 g/mol. The lowest BCUT2D eigenvalue weighted by Gasteiger charge is -2.30. The Morgan fingerprint density at radius 1 is 1.28 bits per heavy atom. The molecular weight excluding hydrogens is 340 g/mol. The highest BCUT2D eigenvalue weighted by Gasteiger charge is 2.28. The number of aryl methyl sites for hydroxylation is 1. The van der Waals surface area contributed by atoms with Gasteiger partial charge in [-0.15, -0.1) is 11.3 Å². The Balaban J connectivity index is 1.53. The highest BCUT2D eigenvalue weighted by Crippen LogP contribution is 2.32. The van der Waals surface area contributed by atoms with Crippen LogP contribution in [0.5, 0.6) is 0 Å². The summed E-state index contributed by atoms with van der Waals surface area (Å²) >= 11 is 1.50. The van der Waals surface area contributed by atoms with Gasteiger partial charge in [0.2, 0.25) is 5.91 Å². The molecule has 1 aromatic rings. The molecule has 0 aromatic carbocycles. The number of nitrogens with one attached hydrogen (secondary N) is 2. The molecular formula is C17H24N4O3S. The molecule has 2 heterocycles. The molecule has 3 rings (SSSR count). The minimum Gasteiger partial charge on any atom is -0.351 e. The van der Waals surface area contributed by atoms with Crippen LogP contribution in [-0.4, -0.2) is 35.8 Å². The quantitative estimate of drug-likeness (QED) is 0.691. The first kappa shape index (κ1) is 17.7. The molecule has 0 saturated carbocycles.